The molecule has 1 heterocycles. The van der Waals surface area contributed by atoms with Crippen LogP contribution in [0.5, 0.6) is 0 Å². The molecule has 8 heteroatoms. The van der Waals surface area contributed by atoms with E-state index in [1.54, 1.807) is 13.8 Å². The van der Waals surface area contributed by atoms with Crippen LogP contribution in [0.2, 0.25) is 0 Å². The van der Waals surface area contributed by atoms with E-state index in [1.165, 1.54) is 18.9 Å². The SMILES string of the molecule is COC1CN(C(=O)C(C)(C)NC(=O)OCC2c3ccccc3-c3ccccc32)C(C)(C(=O)O)C1. The van der Waals surface area contributed by atoms with Gasteiger partial charge in [-0.1, -0.05) is 48.5 Å². The maximum absolute atomic E-state index is 13.3. The molecule has 2 unspecified atom stereocenters. The summed E-state index contributed by atoms with van der Waals surface area (Å²) in [6.45, 7) is 4.83. The van der Waals surface area contributed by atoms with Crippen molar-refractivity contribution < 1.29 is 29.0 Å². The third-order valence-electron chi connectivity index (χ3n) is 6.94. The molecule has 1 aliphatic heterocycles. The van der Waals surface area contributed by atoms with Gasteiger partial charge < -0.3 is 24.8 Å². The number of alkyl carbamates (subject to hydrolysis) is 1. The summed E-state index contributed by atoms with van der Waals surface area (Å²) in [5, 5.41) is 12.4. The molecule has 1 fully saturated rings. The highest BCUT2D eigenvalue weighted by molar-refractivity contribution is 5.94. The zero-order valence-corrected chi connectivity index (χ0v) is 19.8. The molecule has 0 radical (unpaired) electrons. The summed E-state index contributed by atoms with van der Waals surface area (Å²) < 4.78 is 10.9. The van der Waals surface area contributed by atoms with E-state index in [4.69, 9.17) is 9.47 Å². The summed E-state index contributed by atoms with van der Waals surface area (Å²) in [6.07, 6.45) is -0.957. The lowest BCUT2D eigenvalue weighted by Crippen LogP contribution is -2.61. The highest BCUT2D eigenvalue weighted by atomic mass is 16.5. The Hall–Kier alpha value is -3.39. The molecule has 0 spiro atoms. The number of amides is 2. The lowest BCUT2D eigenvalue weighted by atomic mass is 9.95. The molecule has 8 nitrogen and oxygen atoms in total. The van der Waals surface area contributed by atoms with E-state index in [0.717, 1.165) is 22.3 Å². The Balaban J connectivity index is 1.45. The number of carboxylic acids is 1. The lowest BCUT2D eigenvalue weighted by Gasteiger charge is -2.37. The van der Waals surface area contributed by atoms with Crippen molar-refractivity contribution in [2.24, 2.45) is 0 Å². The molecule has 180 valence electrons. The zero-order valence-electron chi connectivity index (χ0n) is 19.8. The standard InChI is InChI=1S/C26H30N2O6/c1-25(2,22(29)28-14-16(33-4)13-26(28,3)23(30)31)27-24(32)34-15-21-19-11-7-5-9-17(19)18-10-6-8-12-20(18)21/h5-12,16,21H,13-15H2,1-4H3,(H,27,32)(H,30,31). The smallest absolute Gasteiger partial charge is 0.408 e. The van der Waals surface area contributed by atoms with Crippen molar-refractivity contribution in [1.29, 1.82) is 0 Å². The first kappa shape index (κ1) is 23.8. The lowest BCUT2D eigenvalue weighted by molar-refractivity contribution is -0.157. The topological polar surface area (TPSA) is 105 Å². The van der Waals surface area contributed by atoms with Crippen molar-refractivity contribution in [2.45, 2.75) is 50.3 Å². The number of hydrogen-bond acceptors (Lipinski definition) is 5. The molecule has 2 aliphatic rings. The number of fused-ring (bicyclic) bond motifs is 3. The number of rotatable bonds is 6. The second-order valence-corrected chi connectivity index (χ2v) is 9.63. The van der Waals surface area contributed by atoms with Crippen molar-refractivity contribution in [3.63, 3.8) is 0 Å². The number of carbonyl (C=O) groups is 3. The largest absolute Gasteiger partial charge is 0.480 e. The summed E-state index contributed by atoms with van der Waals surface area (Å²) in [5.41, 5.74) is 1.63. The summed E-state index contributed by atoms with van der Waals surface area (Å²) in [7, 11) is 1.49. The van der Waals surface area contributed by atoms with Gasteiger partial charge in [0.2, 0.25) is 5.91 Å². The Bertz CT molecular complexity index is 1080. The minimum absolute atomic E-state index is 0.103. The first-order chi connectivity index (χ1) is 16.1. The van der Waals surface area contributed by atoms with Gasteiger partial charge in [0.15, 0.2) is 0 Å². The maximum Gasteiger partial charge on any atom is 0.408 e. The summed E-state index contributed by atoms with van der Waals surface area (Å²) in [5.74, 6) is -1.73. The van der Waals surface area contributed by atoms with Crippen molar-refractivity contribution >= 4 is 18.0 Å². The Morgan fingerprint density at radius 2 is 1.65 bits per heavy atom. The fourth-order valence-electron chi connectivity index (χ4n) is 4.97. The predicted molar refractivity (Wildman–Crippen MR) is 125 cm³/mol. The summed E-state index contributed by atoms with van der Waals surface area (Å²) >= 11 is 0. The molecular formula is C26H30N2O6. The number of nitrogens with zero attached hydrogens (tertiary/aromatic N) is 1. The molecule has 0 bridgehead atoms. The van der Waals surface area contributed by atoms with Crippen LogP contribution >= 0.6 is 0 Å². The molecule has 1 aliphatic carbocycles. The number of ether oxygens (including phenoxy) is 2. The molecule has 2 aromatic rings. The van der Waals surface area contributed by atoms with Gasteiger partial charge in [0.1, 0.15) is 17.7 Å². The molecule has 2 atom stereocenters. The zero-order chi connectivity index (χ0) is 24.7. The van der Waals surface area contributed by atoms with Crippen LogP contribution in [-0.4, -0.2) is 65.4 Å². The minimum atomic E-state index is -1.42. The number of benzene rings is 2. The molecule has 0 aromatic heterocycles. The van der Waals surface area contributed by atoms with Gasteiger partial charge in [-0.05, 0) is 43.0 Å². The van der Waals surface area contributed by atoms with E-state index in [0.29, 0.717) is 0 Å². The van der Waals surface area contributed by atoms with Gasteiger partial charge in [-0.15, -0.1) is 0 Å². The van der Waals surface area contributed by atoms with E-state index in [1.807, 2.05) is 36.4 Å². The Labute approximate surface area is 198 Å². The third-order valence-corrected chi connectivity index (χ3v) is 6.94. The number of hydrogen-bond donors (Lipinski definition) is 2. The fraction of sp³-hybridized carbons (Fsp3) is 0.423. The molecular weight excluding hydrogens is 436 g/mol. The third kappa shape index (κ3) is 4.03. The first-order valence-corrected chi connectivity index (χ1v) is 11.3. The number of carboxylic acid groups (broad SMARTS) is 1. The maximum atomic E-state index is 13.3. The Morgan fingerprint density at radius 3 is 2.18 bits per heavy atom. The van der Waals surface area contributed by atoms with Gasteiger partial charge in [0.25, 0.3) is 0 Å². The number of carbonyl (C=O) groups excluding carboxylic acids is 2. The van der Waals surface area contributed by atoms with Crippen LogP contribution < -0.4 is 5.32 Å². The van der Waals surface area contributed by atoms with Crippen LogP contribution in [0.15, 0.2) is 48.5 Å². The normalized spacial score (nSPS) is 21.6. The quantitative estimate of drug-likeness (QED) is 0.676. The van der Waals surface area contributed by atoms with Crippen LogP contribution in [-0.2, 0) is 19.1 Å². The van der Waals surface area contributed by atoms with Crippen LogP contribution in [0, 0.1) is 0 Å². The van der Waals surface area contributed by atoms with Crippen LogP contribution in [0.1, 0.15) is 44.2 Å². The molecule has 1 saturated heterocycles. The van der Waals surface area contributed by atoms with E-state index in [9.17, 15) is 19.5 Å². The number of likely N-dealkylation sites (tertiary alicyclic amines) is 1. The van der Waals surface area contributed by atoms with Crippen molar-refractivity contribution in [3.05, 3.63) is 59.7 Å². The average molecular weight is 467 g/mol. The Kier molecular flexibility index (Phi) is 6.12. The van der Waals surface area contributed by atoms with Crippen LogP contribution in [0.25, 0.3) is 11.1 Å². The second kappa shape index (κ2) is 8.76. The molecule has 34 heavy (non-hydrogen) atoms. The number of nitrogens with one attached hydrogen (secondary N) is 1. The molecule has 2 aromatic carbocycles. The monoisotopic (exact) mass is 466 g/mol. The summed E-state index contributed by atoms with van der Waals surface area (Å²) in [6, 6.07) is 16.1. The van der Waals surface area contributed by atoms with Crippen molar-refractivity contribution in [3.8, 4) is 11.1 Å². The van der Waals surface area contributed by atoms with E-state index in [-0.39, 0.29) is 25.5 Å². The molecule has 2 N–H and O–H groups in total. The minimum Gasteiger partial charge on any atom is -0.480 e. The highest BCUT2D eigenvalue weighted by Crippen LogP contribution is 2.44. The fourth-order valence-corrected chi connectivity index (χ4v) is 4.97. The summed E-state index contributed by atoms with van der Waals surface area (Å²) in [4.78, 5) is 39.2. The van der Waals surface area contributed by atoms with E-state index < -0.39 is 35.2 Å². The Morgan fingerprint density at radius 1 is 1.09 bits per heavy atom. The second-order valence-electron chi connectivity index (χ2n) is 9.63. The van der Waals surface area contributed by atoms with Crippen LogP contribution in [0.4, 0.5) is 4.79 Å². The molecule has 4 rings (SSSR count). The van der Waals surface area contributed by atoms with Gasteiger partial charge >= 0.3 is 12.1 Å². The number of methoxy groups -OCH3 is 1. The van der Waals surface area contributed by atoms with Gasteiger partial charge in [0, 0.05) is 26.0 Å². The molecule has 0 saturated carbocycles. The van der Waals surface area contributed by atoms with Gasteiger partial charge in [-0.25, -0.2) is 9.59 Å². The van der Waals surface area contributed by atoms with Gasteiger partial charge in [0.05, 0.1) is 6.10 Å². The average Bonchev–Trinajstić information content (AvgIpc) is 3.32. The van der Waals surface area contributed by atoms with Crippen molar-refractivity contribution in [1.82, 2.24) is 10.2 Å². The van der Waals surface area contributed by atoms with Gasteiger partial charge in [-0.3, -0.25) is 4.79 Å². The number of aliphatic carboxylic acids is 1. The van der Waals surface area contributed by atoms with Crippen molar-refractivity contribution in [2.75, 3.05) is 20.3 Å². The van der Waals surface area contributed by atoms with Gasteiger partial charge in [-0.2, -0.15) is 0 Å². The first-order valence-electron chi connectivity index (χ1n) is 11.3. The molecule has 2 amide bonds. The van der Waals surface area contributed by atoms with E-state index in [2.05, 4.69) is 17.4 Å². The highest BCUT2D eigenvalue weighted by Gasteiger charge is 2.53. The van der Waals surface area contributed by atoms with E-state index >= 15 is 0 Å². The van der Waals surface area contributed by atoms with Crippen LogP contribution in [0.3, 0.4) is 0 Å². The predicted octanol–water partition coefficient (Wildman–Crippen LogP) is 3.39.